The number of piperidine rings is 1. The minimum Gasteiger partial charge on any atom is -0.480 e. The van der Waals surface area contributed by atoms with Gasteiger partial charge in [0.1, 0.15) is 5.94 Å². The van der Waals surface area contributed by atoms with Crippen molar-refractivity contribution < 1.29 is 9.84 Å². The van der Waals surface area contributed by atoms with E-state index in [1.165, 1.54) is 0 Å². The molecule has 33 heavy (non-hydrogen) atoms. The second-order valence-electron chi connectivity index (χ2n) is 8.86. The van der Waals surface area contributed by atoms with E-state index in [9.17, 15) is 9.90 Å². The minimum absolute atomic E-state index is 0.0137. The number of ether oxygens (including phenoxy) is 1. The van der Waals surface area contributed by atoms with Gasteiger partial charge in [-0.25, -0.2) is 0 Å². The molecule has 0 radical (unpaired) electrons. The largest absolute Gasteiger partial charge is 0.480 e. The number of aromatic nitrogens is 3. The van der Waals surface area contributed by atoms with Gasteiger partial charge < -0.3 is 19.7 Å². The van der Waals surface area contributed by atoms with E-state index in [4.69, 9.17) is 16.3 Å². The summed E-state index contributed by atoms with van der Waals surface area (Å²) >= 11 is 8.19. The number of fused-ring (bicyclic) bond motifs is 1. The lowest BCUT2D eigenvalue weighted by Gasteiger charge is -2.37. The molecule has 0 spiro atoms. The molecular formula is C23H24ClN5O3S. The van der Waals surface area contributed by atoms with Gasteiger partial charge in [0.2, 0.25) is 0 Å². The number of hydrogen-bond donors (Lipinski definition) is 2. The number of halogens is 1. The molecule has 0 amide bonds. The lowest BCUT2D eigenvalue weighted by atomic mass is 9.97. The molecule has 1 unspecified atom stereocenters. The Hall–Kier alpha value is -2.17. The summed E-state index contributed by atoms with van der Waals surface area (Å²) in [7, 11) is 0. The van der Waals surface area contributed by atoms with Crippen LogP contribution in [0.2, 0.25) is 5.02 Å². The van der Waals surface area contributed by atoms with Crippen molar-refractivity contribution in [1.82, 2.24) is 24.8 Å². The Bertz CT molecular complexity index is 1280. The number of nitrogens with zero attached hydrogens (tertiary/aromatic N) is 4. The number of nitrogens with one attached hydrogen (secondary N) is 1. The molecule has 3 atom stereocenters. The highest BCUT2D eigenvalue weighted by molar-refractivity contribution is 7.99. The number of aliphatic hydroxyl groups is 1. The van der Waals surface area contributed by atoms with Crippen LogP contribution in [0.1, 0.15) is 23.6 Å². The first kappa shape index (κ1) is 21.4. The fraction of sp³-hybridized carbons (Fsp3) is 0.435. The van der Waals surface area contributed by atoms with E-state index in [1.807, 2.05) is 0 Å². The molecule has 1 saturated heterocycles. The van der Waals surface area contributed by atoms with Crippen LogP contribution in [0.5, 0.6) is 5.75 Å². The van der Waals surface area contributed by atoms with E-state index in [-0.39, 0.29) is 17.5 Å². The quantitative estimate of drug-likeness (QED) is 0.568. The van der Waals surface area contributed by atoms with Crippen LogP contribution in [-0.2, 0) is 13.1 Å². The summed E-state index contributed by atoms with van der Waals surface area (Å²) in [5.41, 5.74) is 3.57. The molecule has 6 rings (SSSR count). The van der Waals surface area contributed by atoms with Crippen molar-refractivity contribution in [3.8, 4) is 5.75 Å². The van der Waals surface area contributed by atoms with E-state index in [2.05, 4.69) is 26.3 Å². The molecule has 3 aromatic rings. The molecule has 0 bridgehead atoms. The monoisotopic (exact) mass is 485 g/mol. The van der Waals surface area contributed by atoms with Crippen LogP contribution in [0.3, 0.4) is 0 Å². The highest BCUT2D eigenvalue weighted by Gasteiger charge is 2.33. The Labute approximate surface area is 199 Å². The van der Waals surface area contributed by atoms with E-state index in [0.29, 0.717) is 30.6 Å². The van der Waals surface area contributed by atoms with Gasteiger partial charge in [-0.2, -0.15) is 0 Å². The normalized spacial score (nSPS) is 24.2. The summed E-state index contributed by atoms with van der Waals surface area (Å²) < 4.78 is 7.27. The molecule has 1 fully saturated rings. The number of β-amino-alcohol motifs (C(OH)–C–C–N with tert-alkyl or cyclic N) is 1. The average Bonchev–Trinajstić information content (AvgIpc) is 3.43. The average molecular weight is 486 g/mol. The van der Waals surface area contributed by atoms with Gasteiger partial charge in [-0.1, -0.05) is 23.4 Å². The third kappa shape index (κ3) is 3.91. The maximum Gasteiger partial charge on any atom is 0.251 e. The standard InChI is InChI=1S/C23H24ClN5O3S/c24-15-7-27-17-1-2-21(31)29-10-13(22(15)23(17)29)9-28-4-3-16(18(30)11-28)26-6-14-5-20-19(8-25-14)32-12-33-20/h1-2,5,7-8,13,16,18,26,30H,3-4,6,9-12H2/t13?,16-,18+/m0/s1. The van der Waals surface area contributed by atoms with E-state index < -0.39 is 6.10 Å². The molecule has 172 valence electrons. The van der Waals surface area contributed by atoms with Crippen molar-refractivity contribution in [2.45, 2.75) is 42.5 Å². The maximum absolute atomic E-state index is 12.4. The summed E-state index contributed by atoms with van der Waals surface area (Å²) in [6.07, 6.45) is 3.81. The van der Waals surface area contributed by atoms with Gasteiger partial charge in [0, 0.05) is 56.0 Å². The van der Waals surface area contributed by atoms with Crippen molar-refractivity contribution in [2.75, 3.05) is 25.6 Å². The van der Waals surface area contributed by atoms with Crippen molar-refractivity contribution in [3.63, 3.8) is 0 Å². The van der Waals surface area contributed by atoms with Crippen molar-refractivity contribution >= 4 is 34.4 Å². The lowest BCUT2D eigenvalue weighted by molar-refractivity contribution is 0.0368. The Morgan fingerprint density at radius 1 is 1.27 bits per heavy atom. The van der Waals surface area contributed by atoms with Crippen LogP contribution >= 0.6 is 23.4 Å². The predicted octanol–water partition coefficient (Wildman–Crippen LogP) is 2.21. The summed E-state index contributed by atoms with van der Waals surface area (Å²) in [4.78, 5) is 24.6. The van der Waals surface area contributed by atoms with E-state index in [1.54, 1.807) is 40.9 Å². The van der Waals surface area contributed by atoms with Crippen molar-refractivity contribution in [1.29, 1.82) is 0 Å². The zero-order chi connectivity index (χ0) is 22.5. The fourth-order valence-electron chi connectivity index (χ4n) is 5.18. The summed E-state index contributed by atoms with van der Waals surface area (Å²) in [6.45, 7) is 3.39. The molecule has 3 aromatic heterocycles. The van der Waals surface area contributed by atoms with E-state index >= 15 is 0 Å². The van der Waals surface area contributed by atoms with Gasteiger partial charge >= 0.3 is 0 Å². The fourth-order valence-corrected chi connectivity index (χ4v) is 6.26. The molecule has 3 aliphatic rings. The molecule has 10 heteroatoms. The third-order valence-corrected chi connectivity index (χ3v) is 7.98. The smallest absolute Gasteiger partial charge is 0.251 e. The highest BCUT2D eigenvalue weighted by Crippen LogP contribution is 2.38. The molecule has 3 aliphatic heterocycles. The maximum atomic E-state index is 12.4. The topological polar surface area (TPSA) is 92.5 Å². The molecule has 8 nitrogen and oxygen atoms in total. The Kier molecular flexibility index (Phi) is 5.54. The van der Waals surface area contributed by atoms with Crippen LogP contribution in [-0.4, -0.2) is 62.3 Å². The number of aliphatic hydroxyl groups excluding tert-OH is 1. The van der Waals surface area contributed by atoms with Crippen molar-refractivity contribution in [3.05, 3.63) is 57.2 Å². The van der Waals surface area contributed by atoms with Crippen LogP contribution < -0.4 is 15.6 Å². The van der Waals surface area contributed by atoms with Crippen LogP contribution in [0.25, 0.3) is 11.0 Å². The van der Waals surface area contributed by atoms with Crippen LogP contribution in [0.4, 0.5) is 0 Å². The number of rotatable bonds is 5. The Morgan fingerprint density at radius 2 is 2.18 bits per heavy atom. The number of pyridine rings is 3. The van der Waals surface area contributed by atoms with Crippen LogP contribution in [0.15, 0.2) is 40.3 Å². The zero-order valence-corrected chi connectivity index (χ0v) is 19.5. The van der Waals surface area contributed by atoms with E-state index in [0.717, 1.165) is 52.4 Å². The molecule has 0 aliphatic carbocycles. The molecule has 0 saturated carbocycles. The Morgan fingerprint density at radius 3 is 3.06 bits per heavy atom. The first-order valence-corrected chi connectivity index (χ1v) is 12.5. The molecule has 2 N–H and O–H groups in total. The second-order valence-corrected chi connectivity index (χ2v) is 10.2. The zero-order valence-electron chi connectivity index (χ0n) is 17.9. The number of likely N-dealkylation sites (tertiary alicyclic amines) is 1. The van der Waals surface area contributed by atoms with Crippen LogP contribution in [0, 0.1) is 0 Å². The molecule has 0 aromatic carbocycles. The van der Waals surface area contributed by atoms with Gasteiger partial charge in [0.05, 0.1) is 38.9 Å². The number of hydrogen-bond acceptors (Lipinski definition) is 8. The first-order valence-electron chi connectivity index (χ1n) is 11.1. The minimum atomic E-state index is -0.481. The van der Waals surface area contributed by atoms with Gasteiger partial charge in [-0.15, -0.1) is 0 Å². The second kappa shape index (κ2) is 8.56. The lowest BCUT2D eigenvalue weighted by Crippen LogP contribution is -2.53. The SMILES string of the molecule is O=c1ccc2ncc(Cl)c3c2n1CC3CN1CC[C@H](NCc2cc3c(cn2)OCS3)[C@H](O)C1. The molecular weight excluding hydrogens is 462 g/mol. The summed E-state index contributed by atoms with van der Waals surface area (Å²) in [5, 5.41) is 14.9. The van der Waals surface area contributed by atoms with Crippen molar-refractivity contribution in [2.24, 2.45) is 0 Å². The molecule has 6 heterocycles. The van der Waals surface area contributed by atoms with Gasteiger partial charge in [-0.05, 0) is 25.1 Å². The summed E-state index contributed by atoms with van der Waals surface area (Å²) in [6, 6.07) is 5.40. The summed E-state index contributed by atoms with van der Waals surface area (Å²) in [5.74, 6) is 1.59. The highest BCUT2D eigenvalue weighted by atomic mass is 35.5. The van der Waals surface area contributed by atoms with Gasteiger partial charge in [0.25, 0.3) is 5.56 Å². The first-order chi connectivity index (χ1) is 16.1. The predicted molar refractivity (Wildman–Crippen MR) is 127 cm³/mol. The third-order valence-electron chi connectivity index (χ3n) is 6.81. The Balaban J connectivity index is 1.10. The van der Waals surface area contributed by atoms with Gasteiger partial charge in [-0.3, -0.25) is 19.7 Å². The number of thioether (sulfide) groups is 1. The van der Waals surface area contributed by atoms with Gasteiger partial charge in [0.15, 0.2) is 5.75 Å².